The molecule has 0 aliphatic rings. The van der Waals surface area contributed by atoms with Gasteiger partial charge in [-0.2, -0.15) is 0 Å². The molecule has 0 saturated heterocycles. The van der Waals surface area contributed by atoms with E-state index < -0.39 is 0 Å². The van der Waals surface area contributed by atoms with Crippen molar-refractivity contribution in [2.24, 2.45) is 0 Å². The van der Waals surface area contributed by atoms with Gasteiger partial charge in [0.1, 0.15) is 0 Å². The average molecular weight is 404 g/mol. The lowest BCUT2D eigenvalue weighted by Crippen LogP contribution is -2.15. The zero-order valence-electron chi connectivity index (χ0n) is 17.2. The van der Waals surface area contributed by atoms with Gasteiger partial charge in [-0.25, -0.2) is 0 Å². The van der Waals surface area contributed by atoms with Gasteiger partial charge in [0.25, 0.3) is 5.91 Å². The van der Waals surface area contributed by atoms with Crippen LogP contribution in [0.4, 0.5) is 11.4 Å². The van der Waals surface area contributed by atoms with Crippen LogP contribution in [0.3, 0.4) is 0 Å². The number of amides is 2. The number of carbonyl (C=O) groups is 2. The van der Waals surface area contributed by atoms with E-state index in [-0.39, 0.29) is 18.2 Å². The van der Waals surface area contributed by atoms with Crippen molar-refractivity contribution in [1.82, 2.24) is 0 Å². The molecule has 2 amide bonds. The van der Waals surface area contributed by atoms with Gasteiger partial charge in [0.05, 0.1) is 20.6 Å². The van der Waals surface area contributed by atoms with Crippen LogP contribution >= 0.6 is 0 Å². The van der Waals surface area contributed by atoms with Gasteiger partial charge in [-0.1, -0.05) is 24.3 Å². The molecule has 2 N–H and O–H groups in total. The summed E-state index contributed by atoms with van der Waals surface area (Å²) in [5, 5.41) is 5.78. The van der Waals surface area contributed by atoms with E-state index in [1.165, 1.54) is 0 Å². The van der Waals surface area contributed by atoms with Gasteiger partial charge >= 0.3 is 0 Å². The number of hydrogen-bond acceptors (Lipinski definition) is 4. The number of benzene rings is 3. The predicted octanol–water partition coefficient (Wildman–Crippen LogP) is 4.45. The number of methoxy groups -OCH3 is 2. The molecule has 0 aromatic heterocycles. The van der Waals surface area contributed by atoms with Crippen molar-refractivity contribution in [1.29, 1.82) is 0 Å². The van der Waals surface area contributed by atoms with Gasteiger partial charge in [-0.05, 0) is 60.5 Å². The number of rotatable bonds is 7. The first-order valence-corrected chi connectivity index (χ1v) is 9.48. The van der Waals surface area contributed by atoms with Gasteiger partial charge in [0.2, 0.25) is 5.91 Å². The number of carbonyl (C=O) groups excluding carboxylic acids is 2. The van der Waals surface area contributed by atoms with E-state index in [0.717, 1.165) is 11.1 Å². The van der Waals surface area contributed by atoms with Crippen LogP contribution in [0.15, 0.2) is 66.7 Å². The SMILES string of the molecule is COc1ccc(CC(=O)Nc2ccc(NC(=O)c3ccccc3)c(C)c2)cc1OC. The molecule has 0 heterocycles. The van der Waals surface area contributed by atoms with Gasteiger partial charge < -0.3 is 20.1 Å². The molecular weight excluding hydrogens is 380 g/mol. The van der Waals surface area contributed by atoms with Crippen LogP contribution in [0, 0.1) is 6.92 Å². The van der Waals surface area contributed by atoms with Crippen LogP contribution in [0.5, 0.6) is 11.5 Å². The summed E-state index contributed by atoms with van der Waals surface area (Å²) in [5.41, 5.74) is 3.61. The Bertz CT molecular complexity index is 1050. The molecule has 0 aliphatic carbocycles. The van der Waals surface area contributed by atoms with E-state index in [4.69, 9.17) is 9.47 Å². The van der Waals surface area contributed by atoms with Crippen LogP contribution in [0.2, 0.25) is 0 Å². The molecule has 6 nitrogen and oxygen atoms in total. The first kappa shape index (κ1) is 20.9. The number of aryl methyl sites for hydroxylation is 1. The molecule has 3 aromatic carbocycles. The first-order chi connectivity index (χ1) is 14.5. The van der Waals surface area contributed by atoms with E-state index >= 15 is 0 Å². The Balaban J connectivity index is 1.64. The van der Waals surface area contributed by atoms with Gasteiger partial charge in [-0.15, -0.1) is 0 Å². The molecule has 0 unspecified atom stereocenters. The number of ether oxygens (including phenoxy) is 2. The van der Waals surface area contributed by atoms with Crippen molar-refractivity contribution in [2.75, 3.05) is 24.9 Å². The second kappa shape index (κ2) is 9.60. The zero-order valence-corrected chi connectivity index (χ0v) is 17.2. The highest BCUT2D eigenvalue weighted by atomic mass is 16.5. The number of nitrogens with one attached hydrogen (secondary N) is 2. The third kappa shape index (κ3) is 5.17. The minimum Gasteiger partial charge on any atom is -0.493 e. The average Bonchev–Trinajstić information content (AvgIpc) is 2.76. The molecular formula is C24H24N2O4. The minimum atomic E-state index is -0.177. The molecule has 0 fully saturated rings. The molecule has 0 atom stereocenters. The van der Waals surface area contributed by atoms with E-state index in [1.54, 1.807) is 50.6 Å². The standard InChI is InChI=1S/C24H24N2O4/c1-16-13-19(10-11-20(16)26-24(28)18-7-5-4-6-8-18)25-23(27)15-17-9-12-21(29-2)22(14-17)30-3/h4-14H,15H2,1-3H3,(H,25,27)(H,26,28). The van der Waals surface area contributed by atoms with Crippen LogP contribution < -0.4 is 20.1 Å². The molecule has 30 heavy (non-hydrogen) atoms. The summed E-state index contributed by atoms with van der Waals surface area (Å²) in [4.78, 5) is 24.8. The Labute approximate surface area is 175 Å². The van der Waals surface area contributed by atoms with E-state index in [2.05, 4.69) is 10.6 Å². The van der Waals surface area contributed by atoms with Gasteiger partial charge in [0, 0.05) is 16.9 Å². The van der Waals surface area contributed by atoms with Crippen molar-refractivity contribution in [3.8, 4) is 11.5 Å². The molecule has 0 saturated carbocycles. The maximum Gasteiger partial charge on any atom is 0.255 e. The lowest BCUT2D eigenvalue weighted by Gasteiger charge is -2.12. The van der Waals surface area contributed by atoms with Crippen LogP contribution in [-0.4, -0.2) is 26.0 Å². The predicted molar refractivity (Wildman–Crippen MR) is 117 cm³/mol. The first-order valence-electron chi connectivity index (χ1n) is 9.48. The van der Waals surface area contributed by atoms with Gasteiger partial charge in [0.15, 0.2) is 11.5 Å². The van der Waals surface area contributed by atoms with Crippen LogP contribution in [-0.2, 0) is 11.2 Å². The fourth-order valence-electron chi connectivity index (χ4n) is 3.05. The molecule has 6 heteroatoms. The topological polar surface area (TPSA) is 76.7 Å². The monoisotopic (exact) mass is 404 g/mol. The number of anilines is 2. The summed E-state index contributed by atoms with van der Waals surface area (Å²) < 4.78 is 10.5. The summed E-state index contributed by atoms with van der Waals surface area (Å²) in [6, 6.07) is 19.8. The van der Waals surface area contributed by atoms with Gasteiger partial charge in [-0.3, -0.25) is 9.59 Å². The van der Waals surface area contributed by atoms with Crippen LogP contribution in [0.1, 0.15) is 21.5 Å². The normalized spacial score (nSPS) is 10.2. The van der Waals surface area contributed by atoms with E-state index in [0.29, 0.717) is 28.4 Å². The zero-order chi connectivity index (χ0) is 21.5. The third-order valence-corrected chi connectivity index (χ3v) is 4.61. The lowest BCUT2D eigenvalue weighted by molar-refractivity contribution is -0.115. The molecule has 0 spiro atoms. The smallest absolute Gasteiger partial charge is 0.255 e. The summed E-state index contributed by atoms with van der Waals surface area (Å²) >= 11 is 0. The molecule has 0 radical (unpaired) electrons. The Morgan fingerprint density at radius 1 is 0.833 bits per heavy atom. The Kier molecular flexibility index (Phi) is 6.70. The maximum absolute atomic E-state index is 12.4. The lowest BCUT2D eigenvalue weighted by atomic mass is 10.1. The summed E-state index contributed by atoms with van der Waals surface area (Å²) in [5.74, 6) is 0.870. The van der Waals surface area contributed by atoms with E-state index in [1.807, 2.05) is 37.3 Å². The molecule has 3 aromatic rings. The van der Waals surface area contributed by atoms with Crippen molar-refractivity contribution in [3.63, 3.8) is 0 Å². The maximum atomic E-state index is 12.4. The largest absolute Gasteiger partial charge is 0.493 e. The summed E-state index contributed by atoms with van der Waals surface area (Å²) in [6.07, 6.45) is 0.200. The van der Waals surface area contributed by atoms with E-state index in [9.17, 15) is 9.59 Å². The quantitative estimate of drug-likeness (QED) is 0.610. The summed E-state index contributed by atoms with van der Waals surface area (Å²) in [6.45, 7) is 1.88. The highest BCUT2D eigenvalue weighted by Crippen LogP contribution is 2.28. The molecule has 154 valence electrons. The Hall–Kier alpha value is -3.80. The fraction of sp³-hybridized carbons (Fsp3) is 0.167. The van der Waals surface area contributed by atoms with Crippen molar-refractivity contribution >= 4 is 23.2 Å². The Morgan fingerprint density at radius 3 is 2.23 bits per heavy atom. The molecule has 3 rings (SSSR count). The van der Waals surface area contributed by atoms with Crippen molar-refractivity contribution < 1.29 is 19.1 Å². The highest BCUT2D eigenvalue weighted by Gasteiger charge is 2.11. The van der Waals surface area contributed by atoms with Crippen molar-refractivity contribution in [2.45, 2.75) is 13.3 Å². The van der Waals surface area contributed by atoms with Crippen LogP contribution in [0.25, 0.3) is 0 Å². The third-order valence-electron chi connectivity index (χ3n) is 4.61. The second-order valence-electron chi connectivity index (χ2n) is 6.76. The highest BCUT2D eigenvalue weighted by molar-refractivity contribution is 6.04. The second-order valence-corrected chi connectivity index (χ2v) is 6.76. The fourth-order valence-corrected chi connectivity index (χ4v) is 3.05. The molecule has 0 aliphatic heterocycles. The van der Waals surface area contributed by atoms with Crippen molar-refractivity contribution in [3.05, 3.63) is 83.4 Å². The molecule has 0 bridgehead atoms. The minimum absolute atomic E-state index is 0.150. The Morgan fingerprint density at radius 2 is 1.57 bits per heavy atom. The number of hydrogen-bond donors (Lipinski definition) is 2. The summed E-state index contributed by atoms with van der Waals surface area (Å²) in [7, 11) is 3.13.